The van der Waals surface area contributed by atoms with Crippen molar-refractivity contribution in [2.75, 3.05) is 26.7 Å². The zero-order valence-corrected chi connectivity index (χ0v) is 17.4. The van der Waals surface area contributed by atoms with Crippen molar-refractivity contribution in [1.29, 1.82) is 0 Å². The molecule has 28 heavy (non-hydrogen) atoms. The molecule has 152 valence electrons. The van der Waals surface area contributed by atoms with Crippen LogP contribution in [0.2, 0.25) is 0 Å². The van der Waals surface area contributed by atoms with Crippen LogP contribution in [0.5, 0.6) is 0 Å². The topological polar surface area (TPSA) is 71.7 Å². The maximum absolute atomic E-state index is 6.12. The van der Waals surface area contributed by atoms with Crippen LogP contribution in [-0.4, -0.2) is 37.9 Å². The third kappa shape index (κ3) is 5.13. The Morgan fingerprint density at radius 1 is 1.18 bits per heavy atom. The summed E-state index contributed by atoms with van der Waals surface area (Å²) in [5, 5.41) is 10.9. The van der Waals surface area contributed by atoms with Crippen LogP contribution in [0.4, 0.5) is 0 Å². The van der Waals surface area contributed by atoms with Gasteiger partial charge in [-0.15, -0.1) is 0 Å². The molecule has 0 aliphatic carbocycles. The molecule has 1 aliphatic heterocycles. The van der Waals surface area contributed by atoms with Crippen molar-refractivity contribution in [2.45, 2.75) is 46.1 Å². The van der Waals surface area contributed by atoms with Gasteiger partial charge < -0.3 is 19.9 Å². The zero-order valence-electron chi connectivity index (χ0n) is 17.4. The van der Waals surface area contributed by atoms with E-state index in [0.717, 1.165) is 56.4 Å². The van der Waals surface area contributed by atoms with Crippen molar-refractivity contribution in [2.24, 2.45) is 10.9 Å². The molecule has 0 bridgehead atoms. The summed E-state index contributed by atoms with van der Waals surface area (Å²) in [6, 6.07) is 8.70. The lowest BCUT2D eigenvalue weighted by Gasteiger charge is -2.32. The first-order valence-corrected chi connectivity index (χ1v) is 10.1. The molecule has 2 aromatic rings. The van der Waals surface area contributed by atoms with E-state index >= 15 is 0 Å². The molecular formula is C22H32N4O2. The molecule has 0 spiro atoms. The fourth-order valence-corrected chi connectivity index (χ4v) is 3.79. The smallest absolute Gasteiger partial charge is 0.190 e. The number of hydrogen-bond donors (Lipinski definition) is 2. The molecule has 1 aliphatic rings. The Hall–Kier alpha value is -2.34. The van der Waals surface area contributed by atoms with Gasteiger partial charge in [0.1, 0.15) is 5.76 Å². The highest BCUT2D eigenvalue weighted by atomic mass is 16.5. The van der Waals surface area contributed by atoms with Crippen molar-refractivity contribution in [3.8, 4) is 0 Å². The molecule has 1 aromatic heterocycles. The minimum absolute atomic E-state index is 0.141. The molecule has 0 saturated carbocycles. The first kappa shape index (κ1) is 20.4. The monoisotopic (exact) mass is 384 g/mol. The largest absolute Gasteiger partial charge is 0.373 e. The Kier molecular flexibility index (Phi) is 7.09. The third-order valence-electron chi connectivity index (χ3n) is 5.45. The van der Waals surface area contributed by atoms with E-state index in [0.29, 0.717) is 5.92 Å². The van der Waals surface area contributed by atoms with E-state index in [1.165, 1.54) is 16.7 Å². The van der Waals surface area contributed by atoms with E-state index in [1.54, 1.807) is 7.05 Å². The van der Waals surface area contributed by atoms with Gasteiger partial charge in [-0.1, -0.05) is 35.0 Å². The molecule has 2 N–H and O–H groups in total. The lowest BCUT2D eigenvalue weighted by molar-refractivity contribution is -0.0265. The average molecular weight is 385 g/mol. The van der Waals surface area contributed by atoms with Gasteiger partial charge in [0.15, 0.2) is 5.96 Å². The molecule has 1 fully saturated rings. The number of nitrogens with one attached hydrogen (secondary N) is 2. The fourth-order valence-electron chi connectivity index (χ4n) is 3.79. The number of rotatable bonds is 6. The molecule has 0 amide bonds. The first-order valence-electron chi connectivity index (χ1n) is 10.1. The van der Waals surface area contributed by atoms with Gasteiger partial charge in [-0.25, -0.2) is 0 Å². The minimum Gasteiger partial charge on any atom is -0.373 e. The lowest BCUT2D eigenvalue weighted by atomic mass is 9.89. The molecular weight excluding hydrogens is 352 g/mol. The number of aromatic nitrogens is 1. The summed E-state index contributed by atoms with van der Waals surface area (Å²) >= 11 is 0. The standard InChI is InChI=1S/C22H32N4O2/c1-15-7-9-18(10-8-15)21-19(6-5-13-27-21)14-25-22(23-4)24-12-11-20-16(2)26-28-17(20)3/h7-10,19,21H,5-6,11-14H2,1-4H3,(H2,23,24,25). The summed E-state index contributed by atoms with van der Waals surface area (Å²) in [7, 11) is 1.81. The third-order valence-corrected chi connectivity index (χ3v) is 5.45. The molecule has 2 heterocycles. The van der Waals surface area contributed by atoms with E-state index in [9.17, 15) is 0 Å². The Bertz CT molecular complexity index is 763. The van der Waals surface area contributed by atoms with Gasteiger partial charge in [-0.3, -0.25) is 4.99 Å². The van der Waals surface area contributed by atoms with Crippen molar-refractivity contribution in [3.05, 3.63) is 52.4 Å². The van der Waals surface area contributed by atoms with Crippen molar-refractivity contribution in [3.63, 3.8) is 0 Å². The van der Waals surface area contributed by atoms with Gasteiger partial charge in [0.25, 0.3) is 0 Å². The Labute approximate surface area is 167 Å². The number of aliphatic imine (C=N–C) groups is 1. The van der Waals surface area contributed by atoms with Gasteiger partial charge in [-0.2, -0.15) is 0 Å². The van der Waals surface area contributed by atoms with Gasteiger partial charge in [0, 0.05) is 38.2 Å². The van der Waals surface area contributed by atoms with E-state index in [2.05, 4.69) is 52.0 Å². The van der Waals surface area contributed by atoms with Crippen molar-refractivity contribution in [1.82, 2.24) is 15.8 Å². The number of aryl methyl sites for hydroxylation is 3. The summed E-state index contributed by atoms with van der Waals surface area (Å²) in [6.07, 6.45) is 3.26. The highest BCUT2D eigenvalue weighted by molar-refractivity contribution is 5.79. The molecule has 0 radical (unpaired) electrons. The maximum atomic E-state index is 6.12. The lowest BCUT2D eigenvalue weighted by Crippen LogP contribution is -2.42. The molecule has 6 heteroatoms. The van der Waals surface area contributed by atoms with Crippen molar-refractivity contribution < 1.29 is 9.26 Å². The van der Waals surface area contributed by atoms with E-state index in [-0.39, 0.29) is 6.10 Å². The van der Waals surface area contributed by atoms with Gasteiger partial charge in [-0.05, 0) is 45.6 Å². The Balaban J connectivity index is 1.52. The highest BCUT2D eigenvalue weighted by Crippen LogP contribution is 2.33. The second kappa shape index (κ2) is 9.73. The number of benzene rings is 1. The fraction of sp³-hybridized carbons (Fsp3) is 0.545. The average Bonchev–Trinajstić information content (AvgIpc) is 3.03. The molecule has 1 saturated heterocycles. The maximum Gasteiger partial charge on any atom is 0.190 e. The number of hydrogen-bond acceptors (Lipinski definition) is 4. The van der Waals surface area contributed by atoms with Crippen molar-refractivity contribution >= 4 is 5.96 Å². The molecule has 3 rings (SSSR count). The molecule has 2 unspecified atom stereocenters. The first-order chi connectivity index (χ1) is 13.6. The predicted molar refractivity (Wildman–Crippen MR) is 112 cm³/mol. The molecule has 1 aromatic carbocycles. The zero-order chi connectivity index (χ0) is 19.9. The van der Waals surface area contributed by atoms with Crippen LogP contribution in [-0.2, 0) is 11.2 Å². The quantitative estimate of drug-likeness (QED) is 0.589. The molecule has 6 nitrogen and oxygen atoms in total. The van der Waals surface area contributed by atoms with Crippen LogP contribution in [0.25, 0.3) is 0 Å². The van der Waals surface area contributed by atoms with E-state index in [4.69, 9.17) is 9.26 Å². The SMILES string of the molecule is CN=C(NCCc1c(C)noc1C)NCC1CCCOC1c1ccc(C)cc1. The van der Waals surface area contributed by atoms with Crippen LogP contribution in [0, 0.1) is 26.7 Å². The second-order valence-corrected chi connectivity index (χ2v) is 7.54. The van der Waals surface area contributed by atoms with Crippen LogP contribution >= 0.6 is 0 Å². The normalized spacial score (nSPS) is 20.2. The Morgan fingerprint density at radius 3 is 2.64 bits per heavy atom. The van der Waals surface area contributed by atoms with Crippen LogP contribution in [0.3, 0.4) is 0 Å². The number of guanidine groups is 1. The Morgan fingerprint density at radius 2 is 1.96 bits per heavy atom. The van der Waals surface area contributed by atoms with Gasteiger partial charge in [0.2, 0.25) is 0 Å². The second-order valence-electron chi connectivity index (χ2n) is 7.54. The van der Waals surface area contributed by atoms with Gasteiger partial charge >= 0.3 is 0 Å². The van der Waals surface area contributed by atoms with E-state index < -0.39 is 0 Å². The van der Waals surface area contributed by atoms with Crippen LogP contribution in [0.15, 0.2) is 33.8 Å². The van der Waals surface area contributed by atoms with Gasteiger partial charge in [0.05, 0.1) is 11.8 Å². The molecule has 2 atom stereocenters. The predicted octanol–water partition coefficient (Wildman–Crippen LogP) is 3.48. The van der Waals surface area contributed by atoms with Crippen LogP contribution < -0.4 is 10.6 Å². The summed E-state index contributed by atoms with van der Waals surface area (Å²) < 4.78 is 11.4. The summed E-state index contributed by atoms with van der Waals surface area (Å²) in [6.45, 7) is 8.50. The summed E-state index contributed by atoms with van der Waals surface area (Å²) in [5.74, 6) is 2.14. The van der Waals surface area contributed by atoms with E-state index in [1.807, 2.05) is 13.8 Å². The number of ether oxygens (including phenoxy) is 1. The minimum atomic E-state index is 0.141. The van der Waals surface area contributed by atoms with Crippen LogP contribution in [0.1, 0.15) is 47.1 Å². The summed E-state index contributed by atoms with van der Waals surface area (Å²) in [5.41, 5.74) is 4.67. The highest BCUT2D eigenvalue weighted by Gasteiger charge is 2.27. The summed E-state index contributed by atoms with van der Waals surface area (Å²) in [4.78, 5) is 4.36. The number of nitrogens with zero attached hydrogens (tertiary/aromatic N) is 2.